The molecule has 24 heavy (non-hydrogen) atoms. The van der Waals surface area contributed by atoms with Gasteiger partial charge in [-0.2, -0.15) is 0 Å². The number of nitrogens with zero attached hydrogens (tertiary/aromatic N) is 2. The fourth-order valence-electron chi connectivity index (χ4n) is 1.96. The van der Waals surface area contributed by atoms with Crippen molar-refractivity contribution in [3.8, 4) is 11.3 Å². The molecule has 8 heteroatoms. The van der Waals surface area contributed by atoms with Crippen LogP contribution >= 0.6 is 11.3 Å². The van der Waals surface area contributed by atoms with Crippen molar-refractivity contribution in [1.29, 1.82) is 0 Å². The summed E-state index contributed by atoms with van der Waals surface area (Å²) in [5.41, 5.74) is 0.742. The van der Waals surface area contributed by atoms with E-state index in [4.69, 9.17) is 9.52 Å². The first-order valence-corrected chi connectivity index (χ1v) is 7.56. The third kappa shape index (κ3) is 3.39. The molecule has 0 saturated heterocycles. The number of hydrogen-bond acceptors (Lipinski definition) is 6. The summed E-state index contributed by atoms with van der Waals surface area (Å²) >= 11 is 1.06. The van der Waals surface area contributed by atoms with E-state index < -0.39 is 10.9 Å². The number of carbonyl (C=O) groups is 1. The normalized spacial score (nSPS) is 11.0. The van der Waals surface area contributed by atoms with Crippen molar-refractivity contribution in [3.05, 3.63) is 68.4 Å². The van der Waals surface area contributed by atoms with Crippen LogP contribution in [-0.2, 0) is 0 Å². The lowest BCUT2D eigenvalue weighted by Gasteiger charge is -1.96. The first-order chi connectivity index (χ1) is 11.5. The summed E-state index contributed by atoms with van der Waals surface area (Å²) < 4.78 is 5.65. The molecule has 0 amide bonds. The second-order valence-corrected chi connectivity index (χ2v) is 5.77. The zero-order valence-electron chi connectivity index (χ0n) is 12.1. The Balaban J connectivity index is 1.76. The summed E-state index contributed by atoms with van der Waals surface area (Å²) in [5.74, 6) is 0.135. The molecule has 3 aromatic rings. The molecular formula is C16H10N2O5S. The number of carboxylic acids is 1. The summed E-state index contributed by atoms with van der Waals surface area (Å²) in [5, 5.41) is 20.1. The fraction of sp³-hybridized carbons (Fsp3) is 0. The third-order valence-corrected chi connectivity index (χ3v) is 4.06. The molecule has 0 aliphatic carbocycles. The van der Waals surface area contributed by atoms with Crippen molar-refractivity contribution in [2.45, 2.75) is 0 Å². The molecule has 0 atom stereocenters. The van der Waals surface area contributed by atoms with Gasteiger partial charge in [-0.1, -0.05) is 0 Å². The zero-order valence-corrected chi connectivity index (χ0v) is 12.9. The fourth-order valence-corrected chi connectivity index (χ4v) is 2.62. The van der Waals surface area contributed by atoms with Gasteiger partial charge < -0.3 is 9.52 Å². The van der Waals surface area contributed by atoms with E-state index in [0.717, 1.165) is 16.9 Å². The van der Waals surface area contributed by atoms with Crippen LogP contribution in [0, 0.1) is 10.1 Å². The van der Waals surface area contributed by atoms with Gasteiger partial charge in [0, 0.05) is 17.7 Å². The van der Waals surface area contributed by atoms with Gasteiger partial charge in [0.05, 0.1) is 11.1 Å². The number of aromatic nitrogens is 1. The Labute approximate surface area is 139 Å². The highest BCUT2D eigenvalue weighted by Gasteiger charge is 2.09. The Morgan fingerprint density at radius 2 is 1.96 bits per heavy atom. The van der Waals surface area contributed by atoms with Gasteiger partial charge in [-0.3, -0.25) is 10.1 Å². The van der Waals surface area contributed by atoms with Gasteiger partial charge in [-0.25, -0.2) is 9.78 Å². The van der Waals surface area contributed by atoms with Gasteiger partial charge in [0.2, 0.25) is 0 Å². The van der Waals surface area contributed by atoms with Gasteiger partial charge in [0.15, 0.2) is 0 Å². The monoisotopic (exact) mass is 342 g/mol. The summed E-state index contributed by atoms with van der Waals surface area (Å²) in [4.78, 5) is 25.1. The highest BCUT2D eigenvalue weighted by molar-refractivity contribution is 7.14. The minimum atomic E-state index is -1.01. The lowest BCUT2D eigenvalue weighted by Crippen LogP contribution is -1.89. The maximum absolute atomic E-state index is 10.8. The summed E-state index contributed by atoms with van der Waals surface area (Å²) in [6, 6.07) is 9.56. The number of furan rings is 1. The van der Waals surface area contributed by atoms with Crippen molar-refractivity contribution >= 4 is 35.1 Å². The Kier molecular flexibility index (Phi) is 4.21. The Hall–Kier alpha value is -3.26. The second-order valence-electron chi connectivity index (χ2n) is 4.71. The quantitative estimate of drug-likeness (QED) is 0.550. The van der Waals surface area contributed by atoms with E-state index in [1.165, 1.54) is 18.3 Å². The lowest BCUT2D eigenvalue weighted by molar-refractivity contribution is -0.384. The van der Waals surface area contributed by atoms with Crippen molar-refractivity contribution in [2.75, 3.05) is 0 Å². The van der Waals surface area contributed by atoms with E-state index in [1.807, 2.05) is 0 Å². The number of hydrogen-bond donors (Lipinski definition) is 1. The predicted molar refractivity (Wildman–Crippen MR) is 88.8 cm³/mol. The van der Waals surface area contributed by atoms with Crippen LogP contribution in [0.2, 0.25) is 0 Å². The number of rotatable bonds is 5. The smallest absolute Gasteiger partial charge is 0.347 e. The van der Waals surface area contributed by atoms with Crippen molar-refractivity contribution in [1.82, 2.24) is 4.98 Å². The Bertz CT molecular complexity index is 924. The molecule has 0 aliphatic rings. The minimum absolute atomic E-state index is 0.0171. The van der Waals surface area contributed by atoms with E-state index in [1.54, 1.807) is 36.4 Å². The maximum atomic E-state index is 10.8. The Morgan fingerprint density at radius 1 is 1.21 bits per heavy atom. The number of nitro benzene ring substituents is 1. The molecule has 0 bridgehead atoms. The highest BCUT2D eigenvalue weighted by atomic mass is 32.1. The highest BCUT2D eigenvalue weighted by Crippen LogP contribution is 2.25. The van der Waals surface area contributed by atoms with Gasteiger partial charge in [-0.05, 0) is 36.4 Å². The molecule has 120 valence electrons. The van der Waals surface area contributed by atoms with E-state index in [9.17, 15) is 14.9 Å². The number of benzene rings is 1. The number of aromatic carboxylic acids is 1. The molecule has 0 saturated carbocycles. The SMILES string of the molecule is O=C(O)c1cnc(/C=C/c2ccc(-c3ccc([N+](=O)[O-])cc3)o2)s1. The molecule has 2 heterocycles. The number of nitro groups is 1. The molecular weight excluding hydrogens is 332 g/mol. The summed E-state index contributed by atoms with van der Waals surface area (Å²) in [6.45, 7) is 0. The predicted octanol–water partition coefficient (Wildman–Crippen LogP) is 4.18. The second kappa shape index (κ2) is 6.47. The van der Waals surface area contributed by atoms with Crippen LogP contribution in [0.5, 0.6) is 0 Å². The van der Waals surface area contributed by atoms with Crippen LogP contribution in [-0.4, -0.2) is 21.0 Å². The largest absolute Gasteiger partial charge is 0.477 e. The van der Waals surface area contributed by atoms with Crippen molar-refractivity contribution in [2.24, 2.45) is 0 Å². The first kappa shape index (κ1) is 15.6. The number of non-ortho nitro benzene ring substituents is 1. The topological polar surface area (TPSA) is 106 Å². The van der Waals surface area contributed by atoms with Crippen LogP contribution in [0.1, 0.15) is 20.4 Å². The van der Waals surface area contributed by atoms with E-state index in [0.29, 0.717) is 16.5 Å². The van der Waals surface area contributed by atoms with E-state index in [-0.39, 0.29) is 10.6 Å². The summed E-state index contributed by atoms with van der Waals surface area (Å²) in [7, 11) is 0. The van der Waals surface area contributed by atoms with Crippen LogP contribution in [0.3, 0.4) is 0 Å². The van der Waals surface area contributed by atoms with Crippen LogP contribution in [0.15, 0.2) is 47.0 Å². The van der Waals surface area contributed by atoms with E-state index in [2.05, 4.69) is 4.98 Å². The van der Waals surface area contributed by atoms with Crippen LogP contribution < -0.4 is 0 Å². The van der Waals surface area contributed by atoms with Crippen molar-refractivity contribution < 1.29 is 19.2 Å². The van der Waals surface area contributed by atoms with Crippen LogP contribution in [0.25, 0.3) is 23.5 Å². The van der Waals surface area contributed by atoms with Crippen LogP contribution in [0.4, 0.5) is 5.69 Å². The molecule has 1 aromatic carbocycles. The van der Waals surface area contributed by atoms with E-state index >= 15 is 0 Å². The van der Waals surface area contributed by atoms with Crippen molar-refractivity contribution in [3.63, 3.8) is 0 Å². The first-order valence-electron chi connectivity index (χ1n) is 6.75. The average Bonchev–Trinajstić information content (AvgIpc) is 3.22. The molecule has 3 rings (SSSR count). The molecule has 1 N–H and O–H groups in total. The molecule has 0 spiro atoms. The molecule has 7 nitrogen and oxygen atoms in total. The van der Waals surface area contributed by atoms with Gasteiger partial charge >= 0.3 is 5.97 Å². The molecule has 2 aromatic heterocycles. The number of thiazole rings is 1. The molecule has 0 aliphatic heterocycles. The zero-order chi connectivity index (χ0) is 17.1. The standard InChI is InChI=1S/C16H10N2O5S/c19-16(20)14-9-17-15(24-14)8-6-12-5-7-13(23-12)10-1-3-11(4-2-10)18(21)22/h1-9H,(H,19,20)/b8-6+. The minimum Gasteiger partial charge on any atom is -0.477 e. The third-order valence-electron chi connectivity index (χ3n) is 3.11. The molecule has 0 fully saturated rings. The van der Waals surface area contributed by atoms with Gasteiger partial charge in [0.1, 0.15) is 21.4 Å². The number of carboxylic acid groups (broad SMARTS) is 1. The molecule has 0 unspecified atom stereocenters. The molecule has 0 radical (unpaired) electrons. The average molecular weight is 342 g/mol. The van der Waals surface area contributed by atoms with Gasteiger partial charge in [-0.15, -0.1) is 11.3 Å². The maximum Gasteiger partial charge on any atom is 0.347 e. The Morgan fingerprint density at radius 3 is 2.58 bits per heavy atom. The van der Waals surface area contributed by atoms with Gasteiger partial charge in [0.25, 0.3) is 5.69 Å². The lowest BCUT2D eigenvalue weighted by atomic mass is 10.1. The summed E-state index contributed by atoms with van der Waals surface area (Å²) in [6.07, 6.45) is 4.64.